The molecule has 0 atom stereocenters. The number of furan rings is 1. The Hall–Kier alpha value is -6.56. The molecule has 11 rings (SSSR count). The molecule has 0 bridgehead atoms. The molecular formula is C47H29N3OS. The number of hydrogen-bond acceptors (Lipinski definition) is 5. The van der Waals surface area contributed by atoms with Gasteiger partial charge in [0.1, 0.15) is 22.8 Å². The first kappa shape index (κ1) is 29.2. The highest BCUT2D eigenvalue weighted by molar-refractivity contribution is 7.26. The average Bonchev–Trinajstić information content (AvgIpc) is 3.79. The molecule has 5 heteroatoms. The lowest BCUT2D eigenvalue weighted by atomic mass is 9.96. The largest absolute Gasteiger partial charge is 0.455 e. The summed E-state index contributed by atoms with van der Waals surface area (Å²) in [6.07, 6.45) is -0.512. The molecule has 0 radical (unpaired) electrons. The highest BCUT2D eigenvalue weighted by Crippen LogP contribution is 2.46. The van der Waals surface area contributed by atoms with Gasteiger partial charge in [-0.2, -0.15) is 0 Å². The van der Waals surface area contributed by atoms with Crippen LogP contribution >= 0.6 is 11.3 Å². The van der Waals surface area contributed by atoms with Crippen LogP contribution in [0.15, 0.2) is 178 Å². The summed E-state index contributed by atoms with van der Waals surface area (Å²) in [5.74, 6) is 1.57. The molecule has 0 amide bonds. The number of benzene rings is 8. The zero-order valence-electron chi connectivity index (χ0n) is 27.9. The molecule has 0 saturated carbocycles. The second kappa shape index (κ2) is 11.5. The molecule has 8 aromatic carbocycles. The Morgan fingerprint density at radius 1 is 0.500 bits per heavy atom. The maximum absolute atomic E-state index is 6.80. The Kier molecular flexibility index (Phi) is 6.45. The molecule has 0 aliphatic carbocycles. The Balaban J connectivity index is 1.15. The highest BCUT2D eigenvalue weighted by atomic mass is 32.1. The minimum Gasteiger partial charge on any atom is -0.455 e. The zero-order valence-corrected chi connectivity index (χ0v) is 28.7. The van der Waals surface area contributed by atoms with Crippen LogP contribution in [0.25, 0.3) is 74.8 Å². The van der Waals surface area contributed by atoms with E-state index in [0.717, 1.165) is 55.9 Å². The number of hydrogen-bond donors (Lipinski definition) is 1. The van der Waals surface area contributed by atoms with E-state index in [-0.39, 0.29) is 0 Å². The molecule has 1 N–H and O–H groups in total. The van der Waals surface area contributed by atoms with Gasteiger partial charge in [0.15, 0.2) is 6.17 Å². The van der Waals surface area contributed by atoms with Crippen LogP contribution in [-0.2, 0) is 0 Å². The van der Waals surface area contributed by atoms with E-state index in [1.807, 2.05) is 17.4 Å². The topological polar surface area (TPSA) is 49.9 Å². The van der Waals surface area contributed by atoms with Gasteiger partial charge in [0.2, 0.25) is 0 Å². The van der Waals surface area contributed by atoms with Crippen molar-refractivity contribution in [2.24, 2.45) is 9.98 Å². The Morgan fingerprint density at radius 3 is 1.85 bits per heavy atom. The van der Waals surface area contributed by atoms with Crippen molar-refractivity contribution in [1.82, 2.24) is 5.32 Å². The average molecular weight is 684 g/mol. The van der Waals surface area contributed by atoms with Crippen molar-refractivity contribution in [3.8, 4) is 11.1 Å². The smallest absolute Gasteiger partial charge is 0.170 e. The number of rotatable bonds is 4. The lowest BCUT2D eigenvalue weighted by Gasteiger charge is -2.23. The SMILES string of the molecule is c1ccc2cc(C3=NC(c4ccc(-c5cccc6c5sc5ccccc56)c5oc6ccccc6c45)N=C(c4ccc5ccccc5c4)N3)ccc2c1. The number of aliphatic imine (C=N–C) groups is 2. The zero-order chi connectivity index (χ0) is 34.2. The molecule has 244 valence electrons. The normalized spacial score (nSPS) is 13.7. The van der Waals surface area contributed by atoms with E-state index in [0.29, 0.717) is 0 Å². The molecule has 3 heterocycles. The van der Waals surface area contributed by atoms with Gasteiger partial charge in [-0.3, -0.25) is 0 Å². The van der Waals surface area contributed by atoms with Crippen LogP contribution in [0.5, 0.6) is 0 Å². The predicted molar refractivity (Wildman–Crippen MR) is 219 cm³/mol. The third-order valence-corrected chi connectivity index (χ3v) is 11.5. The summed E-state index contributed by atoms with van der Waals surface area (Å²) in [6, 6.07) is 57.9. The molecule has 2 aromatic heterocycles. The van der Waals surface area contributed by atoms with Crippen molar-refractivity contribution >= 4 is 86.7 Å². The Morgan fingerprint density at radius 2 is 1.12 bits per heavy atom. The van der Waals surface area contributed by atoms with Gasteiger partial charge in [0.25, 0.3) is 0 Å². The molecule has 0 saturated heterocycles. The lowest BCUT2D eigenvalue weighted by Crippen LogP contribution is -2.36. The first-order valence-corrected chi connectivity index (χ1v) is 18.3. The molecule has 1 aliphatic heterocycles. The maximum atomic E-state index is 6.80. The van der Waals surface area contributed by atoms with Gasteiger partial charge in [-0.25, -0.2) is 9.98 Å². The van der Waals surface area contributed by atoms with E-state index < -0.39 is 6.17 Å². The van der Waals surface area contributed by atoms with Crippen LogP contribution in [-0.4, -0.2) is 11.7 Å². The van der Waals surface area contributed by atoms with Crippen molar-refractivity contribution in [2.45, 2.75) is 6.17 Å². The number of fused-ring (bicyclic) bond motifs is 8. The van der Waals surface area contributed by atoms with Crippen LogP contribution in [0.3, 0.4) is 0 Å². The molecular weight excluding hydrogens is 655 g/mol. The molecule has 0 spiro atoms. The maximum Gasteiger partial charge on any atom is 0.170 e. The molecule has 52 heavy (non-hydrogen) atoms. The van der Waals surface area contributed by atoms with Crippen LogP contribution in [0.1, 0.15) is 22.9 Å². The second-order valence-corrected chi connectivity index (χ2v) is 14.4. The fraction of sp³-hybridized carbons (Fsp3) is 0.0213. The summed E-state index contributed by atoms with van der Waals surface area (Å²) in [4.78, 5) is 10.7. The summed E-state index contributed by atoms with van der Waals surface area (Å²) in [5.41, 5.74) is 6.97. The predicted octanol–water partition coefficient (Wildman–Crippen LogP) is 12.4. The van der Waals surface area contributed by atoms with E-state index in [4.69, 9.17) is 14.4 Å². The monoisotopic (exact) mass is 683 g/mol. The minimum absolute atomic E-state index is 0.512. The second-order valence-electron chi connectivity index (χ2n) is 13.4. The van der Waals surface area contributed by atoms with E-state index in [2.05, 4.69) is 163 Å². The summed E-state index contributed by atoms with van der Waals surface area (Å²) >= 11 is 1.83. The third-order valence-electron chi connectivity index (χ3n) is 10.3. The van der Waals surface area contributed by atoms with Crippen molar-refractivity contribution in [3.63, 3.8) is 0 Å². The van der Waals surface area contributed by atoms with Crippen molar-refractivity contribution in [2.75, 3.05) is 0 Å². The van der Waals surface area contributed by atoms with Crippen molar-refractivity contribution < 1.29 is 4.42 Å². The molecule has 4 nitrogen and oxygen atoms in total. The highest BCUT2D eigenvalue weighted by Gasteiger charge is 2.26. The van der Waals surface area contributed by atoms with Gasteiger partial charge in [-0.1, -0.05) is 140 Å². The Labute approximate surface area is 303 Å². The summed E-state index contributed by atoms with van der Waals surface area (Å²) in [5, 5.41) is 13.0. The van der Waals surface area contributed by atoms with Crippen LogP contribution in [0.2, 0.25) is 0 Å². The number of nitrogens with one attached hydrogen (secondary N) is 1. The number of nitrogens with zero attached hydrogens (tertiary/aromatic N) is 2. The summed E-state index contributed by atoms with van der Waals surface area (Å²) < 4.78 is 9.34. The van der Waals surface area contributed by atoms with E-state index >= 15 is 0 Å². The van der Waals surface area contributed by atoms with E-state index in [9.17, 15) is 0 Å². The number of amidine groups is 2. The van der Waals surface area contributed by atoms with E-state index in [1.165, 1.54) is 47.3 Å². The number of para-hydroxylation sites is 1. The van der Waals surface area contributed by atoms with Gasteiger partial charge in [0.05, 0.1) is 0 Å². The number of thiophene rings is 1. The quantitative estimate of drug-likeness (QED) is 0.201. The molecule has 0 fully saturated rings. The molecule has 10 aromatic rings. The van der Waals surface area contributed by atoms with Crippen molar-refractivity contribution in [3.05, 3.63) is 180 Å². The fourth-order valence-electron chi connectivity index (χ4n) is 7.80. The molecule has 1 aliphatic rings. The van der Waals surface area contributed by atoms with Crippen LogP contribution in [0.4, 0.5) is 0 Å². The van der Waals surface area contributed by atoms with Gasteiger partial charge in [-0.05, 0) is 45.8 Å². The van der Waals surface area contributed by atoms with Crippen LogP contribution in [0, 0.1) is 0 Å². The first-order valence-electron chi connectivity index (χ1n) is 17.5. The molecule has 0 unspecified atom stereocenters. The summed E-state index contributed by atoms with van der Waals surface area (Å²) in [6.45, 7) is 0. The minimum atomic E-state index is -0.512. The standard InChI is InChI=1S/C47H29N3OS/c1-3-12-30-26-32(22-20-28(30)10-1)45-48-46(33-23-21-29-11-2-4-13-31(29)27-33)50-47(49-45)39-25-24-35(43-42(39)38-15-5-7-18-40(38)51-43)37-17-9-16-36-34-14-6-8-19-41(34)52-44(36)37/h1-27,47H,(H,48,49,50). The van der Waals surface area contributed by atoms with Gasteiger partial charge < -0.3 is 9.73 Å². The first-order chi connectivity index (χ1) is 25.7. The summed E-state index contributed by atoms with van der Waals surface area (Å²) in [7, 11) is 0. The Bertz CT molecular complexity index is 3030. The fourth-order valence-corrected chi connectivity index (χ4v) is 9.03. The van der Waals surface area contributed by atoms with Gasteiger partial charge in [-0.15, -0.1) is 11.3 Å². The van der Waals surface area contributed by atoms with Crippen LogP contribution < -0.4 is 5.32 Å². The van der Waals surface area contributed by atoms with Gasteiger partial charge in [0, 0.05) is 58.8 Å². The van der Waals surface area contributed by atoms with Crippen molar-refractivity contribution in [1.29, 1.82) is 0 Å². The lowest BCUT2D eigenvalue weighted by molar-refractivity contribution is 0.669. The van der Waals surface area contributed by atoms with E-state index in [1.54, 1.807) is 0 Å². The van der Waals surface area contributed by atoms with Gasteiger partial charge >= 0.3 is 0 Å². The third kappa shape index (κ3) is 4.60.